The standard InChI is InChI=1S/C25H35N3O3S/c1-19-7-3-4-8-23(19)20-10-12-22(13-11-20)31-18-21-17-28(25-9-5-6-15-26-25)16-14-24(21)27-32(2,29)30/h3-9,15,20-22,24,27H,10-14,16-18H2,1-2H3/t20?,21-,22?,24-/m0/s1. The van der Waals surface area contributed by atoms with Crippen molar-refractivity contribution in [1.82, 2.24) is 9.71 Å². The van der Waals surface area contributed by atoms with Crippen LogP contribution in [0.3, 0.4) is 0 Å². The monoisotopic (exact) mass is 457 g/mol. The second-order valence-corrected chi connectivity index (χ2v) is 11.1. The Balaban J connectivity index is 1.35. The highest BCUT2D eigenvalue weighted by atomic mass is 32.2. The van der Waals surface area contributed by atoms with E-state index in [4.69, 9.17) is 4.74 Å². The molecule has 4 rings (SSSR count). The minimum atomic E-state index is -3.26. The van der Waals surface area contributed by atoms with Gasteiger partial charge in [-0.15, -0.1) is 0 Å². The predicted molar refractivity (Wildman–Crippen MR) is 128 cm³/mol. The van der Waals surface area contributed by atoms with E-state index in [2.05, 4.69) is 45.8 Å². The molecule has 174 valence electrons. The highest BCUT2D eigenvalue weighted by Crippen LogP contribution is 2.36. The van der Waals surface area contributed by atoms with Crippen LogP contribution in [0.15, 0.2) is 48.7 Å². The first-order chi connectivity index (χ1) is 15.4. The summed E-state index contributed by atoms with van der Waals surface area (Å²) in [5.74, 6) is 1.65. The quantitative estimate of drug-likeness (QED) is 0.683. The van der Waals surface area contributed by atoms with E-state index in [0.717, 1.165) is 51.0 Å². The maximum absolute atomic E-state index is 11.9. The molecule has 1 saturated heterocycles. The second kappa shape index (κ2) is 10.3. The van der Waals surface area contributed by atoms with Crippen molar-refractivity contribution < 1.29 is 13.2 Å². The van der Waals surface area contributed by atoms with E-state index in [1.165, 1.54) is 17.4 Å². The van der Waals surface area contributed by atoms with Gasteiger partial charge < -0.3 is 9.64 Å². The minimum absolute atomic E-state index is 0.0922. The highest BCUT2D eigenvalue weighted by Gasteiger charge is 2.33. The Hall–Kier alpha value is -1.96. The van der Waals surface area contributed by atoms with Crippen LogP contribution in [-0.2, 0) is 14.8 Å². The second-order valence-electron chi connectivity index (χ2n) is 9.34. The molecule has 0 spiro atoms. The van der Waals surface area contributed by atoms with Crippen LogP contribution >= 0.6 is 0 Å². The van der Waals surface area contributed by atoms with Crippen molar-refractivity contribution in [1.29, 1.82) is 0 Å². The number of anilines is 1. The number of sulfonamides is 1. The van der Waals surface area contributed by atoms with Crippen molar-refractivity contribution in [2.24, 2.45) is 5.92 Å². The van der Waals surface area contributed by atoms with Gasteiger partial charge in [-0.3, -0.25) is 0 Å². The molecule has 2 atom stereocenters. The Morgan fingerprint density at radius 3 is 2.50 bits per heavy atom. The number of hydrogen-bond donors (Lipinski definition) is 1. The van der Waals surface area contributed by atoms with Gasteiger partial charge in [-0.1, -0.05) is 30.3 Å². The van der Waals surface area contributed by atoms with Crippen LogP contribution in [-0.4, -0.2) is 51.5 Å². The van der Waals surface area contributed by atoms with Crippen molar-refractivity contribution in [3.05, 3.63) is 59.8 Å². The van der Waals surface area contributed by atoms with Crippen molar-refractivity contribution in [2.45, 2.75) is 57.1 Å². The van der Waals surface area contributed by atoms with Crippen LogP contribution in [0.4, 0.5) is 5.82 Å². The molecule has 2 fully saturated rings. The zero-order valence-corrected chi connectivity index (χ0v) is 19.9. The molecule has 0 radical (unpaired) electrons. The fourth-order valence-corrected chi connectivity index (χ4v) is 6.09. The third-order valence-corrected chi connectivity index (χ3v) is 7.65. The molecule has 1 aliphatic carbocycles. The summed E-state index contributed by atoms with van der Waals surface area (Å²) in [6.07, 6.45) is 8.44. The molecular formula is C25H35N3O3S. The first-order valence-corrected chi connectivity index (χ1v) is 13.6. The van der Waals surface area contributed by atoms with Crippen molar-refractivity contribution in [2.75, 3.05) is 30.9 Å². The number of aryl methyl sites for hydroxylation is 1. The molecule has 6 nitrogen and oxygen atoms in total. The highest BCUT2D eigenvalue weighted by molar-refractivity contribution is 7.88. The van der Waals surface area contributed by atoms with E-state index in [1.54, 1.807) is 6.20 Å². The lowest BCUT2D eigenvalue weighted by molar-refractivity contribution is -0.00216. The largest absolute Gasteiger partial charge is 0.378 e. The van der Waals surface area contributed by atoms with E-state index in [1.807, 2.05) is 18.2 Å². The number of piperidine rings is 1. The van der Waals surface area contributed by atoms with E-state index in [-0.39, 0.29) is 18.1 Å². The first-order valence-electron chi connectivity index (χ1n) is 11.7. The molecule has 2 aliphatic rings. The van der Waals surface area contributed by atoms with Crippen LogP contribution in [0.5, 0.6) is 0 Å². The normalized spacial score (nSPS) is 26.8. The predicted octanol–water partition coefficient (Wildman–Crippen LogP) is 3.88. The number of benzene rings is 1. The number of ether oxygens (including phenoxy) is 1. The van der Waals surface area contributed by atoms with Crippen molar-refractivity contribution in [3.63, 3.8) is 0 Å². The third kappa shape index (κ3) is 6.09. The molecule has 1 saturated carbocycles. The van der Waals surface area contributed by atoms with Gasteiger partial charge in [0.2, 0.25) is 10.0 Å². The summed E-state index contributed by atoms with van der Waals surface area (Å²) in [5.41, 5.74) is 2.85. The van der Waals surface area contributed by atoms with E-state index < -0.39 is 10.0 Å². The Labute approximate surface area is 192 Å². The van der Waals surface area contributed by atoms with Gasteiger partial charge in [-0.05, 0) is 68.2 Å². The van der Waals surface area contributed by atoms with Gasteiger partial charge in [-0.2, -0.15) is 0 Å². The fraction of sp³-hybridized carbons (Fsp3) is 0.560. The summed E-state index contributed by atoms with van der Waals surface area (Å²) in [6, 6.07) is 14.5. The smallest absolute Gasteiger partial charge is 0.208 e. The molecule has 1 aromatic heterocycles. The number of aromatic nitrogens is 1. The lowest BCUT2D eigenvalue weighted by Gasteiger charge is -2.40. The maximum atomic E-state index is 11.9. The Morgan fingerprint density at radius 1 is 1.06 bits per heavy atom. The Bertz CT molecular complexity index is 975. The third-order valence-electron chi connectivity index (χ3n) is 6.92. The number of rotatable bonds is 7. The van der Waals surface area contributed by atoms with E-state index in [9.17, 15) is 8.42 Å². The molecule has 7 heteroatoms. The van der Waals surface area contributed by atoms with Gasteiger partial charge in [0.05, 0.1) is 19.0 Å². The van der Waals surface area contributed by atoms with Crippen LogP contribution in [0.2, 0.25) is 0 Å². The molecule has 1 aromatic carbocycles. The number of hydrogen-bond acceptors (Lipinski definition) is 5. The molecular weight excluding hydrogens is 422 g/mol. The lowest BCUT2D eigenvalue weighted by Crippen LogP contribution is -2.52. The lowest BCUT2D eigenvalue weighted by atomic mass is 9.81. The average molecular weight is 458 g/mol. The van der Waals surface area contributed by atoms with Crippen LogP contribution in [0.1, 0.15) is 49.1 Å². The molecule has 0 bridgehead atoms. The SMILES string of the molecule is Cc1ccccc1C1CCC(OC[C@@H]2CN(c3ccccn3)CC[C@@H]2NS(C)(=O)=O)CC1. The van der Waals surface area contributed by atoms with Crippen molar-refractivity contribution in [3.8, 4) is 0 Å². The fourth-order valence-electron chi connectivity index (χ4n) is 5.23. The van der Waals surface area contributed by atoms with Crippen LogP contribution in [0.25, 0.3) is 0 Å². The first kappa shape index (κ1) is 23.2. The summed E-state index contributed by atoms with van der Waals surface area (Å²) in [5, 5.41) is 0. The maximum Gasteiger partial charge on any atom is 0.208 e. The van der Waals surface area contributed by atoms with Gasteiger partial charge in [0, 0.05) is 31.2 Å². The summed E-state index contributed by atoms with van der Waals surface area (Å²) in [6.45, 7) is 4.28. The van der Waals surface area contributed by atoms with E-state index in [0.29, 0.717) is 12.5 Å². The Kier molecular flexibility index (Phi) is 7.48. The van der Waals surface area contributed by atoms with Crippen LogP contribution in [0, 0.1) is 12.8 Å². The molecule has 2 heterocycles. The molecule has 0 amide bonds. The zero-order valence-electron chi connectivity index (χ0n) is 19.1. The van der Waals surface area contributed by atoms with Gasteiger partial charge in [0.1, 0.15) is 5.82 Å². The summed E-state index contributed by atoms with van der Waals surface area (Å²) in [4.78, 5) is 6.72. The van der Waals surface area contributed by atoms with Gasteiger partial charge in [0.25, 0.3) is 0 Å². The number of nitrogens with zero attached hydrogens (tertiary/aromatic N) is 2. The summed E-state index contributed by atoms with van der Waals surface area (Å²) in [7, 11) is -3.26. The molecule has 2 aromatic rings. The molecule has 1 aliphatic heterocycles. The van der Waals surface area contributed by atoms with Crippen molar-refractivity contribution >= 4 is 15.8 Å². The van der Waals surface area contributed by atoms with Gasteiger partial charge >= 0.3 is 0 Å². The average Bonchev–Trinajstić information content (AvgIpc) is 2.79. The van der Waals surface area contributed by atoms with E-state index >= 15 is 0 Å². The minimum Gasteiger partial charge on any atom is -0.378 e. The zero-order chi connectivity index (χ0) is 22.6. The van der Waals surface area contributed by atoms with Gasteiger partial charge in [-0.25, -0.2) is 18.1 Å². The number of nitrogens with one attached hydrogen (secondary N) is 1. The van der Waals surface area contributed by atoms with Gasteiger partial charge in [0.15, 0.2) is 0 Å². The molecule has 1 N–H and O–H groups in total. The molecule has 32 heavy (non-hydrogen) atoms. The Morgan fingerprint density at radius 2 is 1.81 bits per heavy atom. The molecule has 0 unspecified atom stereocenters. The van der Waals surface area contributed by atoms with Crippen LogP contribution < -0.4 is 9.62 Å². The topological polar surface area (TPSA) is 71.5 Å². The summed E-state index contributed by atoms with van der Waals surface area (Å²) < 4.78 is 33.1. The number of pyridine rings is 1. The summed E-state index contributed by atoms with van der Waals surface area (Å²) >= 11 is 0.